The predicted molar refractivity (Wildman–Crippen MR) is 80.3 cm³/mol. The average Bonchev–Trinajstić information content (AvgIpc) is 2.93. The number of benzene rings is 1. The van der Waals surface area contributed by atoms with E-state index in [0.717, 1.165) is 11.1 Å². The second-order valence-electron chi connectivity index (χ2n) is 4.13. The van der Waals surface area contributed by atoms with E-state index < -0.39 is 11.1 Å². The molecule has 1 unspecified atom stereocenters. The number of hydrogen-bond acceptors (Lipinski definition) is 3. The van der Waals surface area contributed by atoms with Crippen LogP contribution in [-0.2, 0) is 0 Å². The van der Waals surface area contributed by atoms with Crippen molar-refractivity contribution in [3.8, 4) is 0 Å². The number of fused-ring (bicyclic) bond motifs is 1. The van der Waals surface area contributed by atoms with Gasteiger partial charge < -0.3 is 9.97 Å². The van der Waals surface area contributed by atoms with Gasteiger partial charge in [0, 0.05) is 0 Å². The van der Waals surface area contributed by atoms with Gasteiger partial charge in [-0.3, -0.25) is 9.59 Å². The standard InChI is InChI=1S/C13H9BrN2O2S/c14-11(8-3-4-19-6-8)7-1-2-9-10(5-7)16-13(18)12(17)15-9/h1-6,11H,(H,15,17)(H,16,18). The molecular weight excluding hydrogens is 328 g/mol. The Morgan fingerprint density at radius 2 is 1.74 bits per heavy atom. The Hall–Kier alpha value is -1.66. The van der Waals surface area contributed by atoms with Crippen molar-refractivity contribution in [1.29, 1.82) is 0 Å². The van der Waals surface area contributed by atoms with Crippen LogP contribution in [0.4, 0.5) is 0 Å². The number of rotatable bonds is 2. The van der Waals surface area contributed by atoms with Gasteiger partial charge >= 0.3 is 11.1 Å². The molecule has 0 saturated carbocycles. The van der Waals surface area contributed by atoms with Gasteiger partial charge in [-0.2, -0.15) is 11.3 Å². The van der Waals surface area contributed by atoms with E-state index in [1.165, 1.54) is 0 Å². The van der Waals surface area contributed by atoms with E-state index in [2.05, 4.69) is 31.3 Å². The molecule has 0 bridgehead atoms. The molecular formula is C13H9BrN2O2S. The number of H-pyrrole nitrogens is 2. The molecule has 3 rings (SSSR count). The van der Waals surface area contributed by atoms with E-state index >= 15 is 0 Å². The molecule has 1 atom stereocenters. The minimum absolute atomic E-state index is 0.0681. The molecule has 1 aromatic carbocycles. The van der Waals surface area contributed by atoms with E-state index in [4.69, 9.17) is 0 Å². The molecule has 6 heteroatoms. The summed E-state index contributed by atoms with van der Waals surface area (Å²) >= 11 is 5.27. The normalized spacial score (nSPS) is 12.7. The molecule has 0 radical (unpaired) electrons. The zero-order chi connectivity index (χ0) is 13.4. The Morgan fingerprint density at radius 3 is 2.42 bits per heavy atom. The van der Waals surface area contributed by atoms with Crippen molar-refractivity contribution in [2.75, 3.05) is 0 Å². The van der Waals surface area contributed by atoms with Crippen molar-refractivity contribution in [2.24, 2.45) is 0 Å². The number of alkyl halides is 1. The lowest BCUT2D eigenvalue weighted by molar-refractivity contribution is 1.13. The zero-order valence-electron chi connectivity index (χ0n) is 9.64. The van der Waals surface area contributed by atoms with E-state index in [9.17, 15) is 9.59 Å². The maximum Gasteiger partial charge on any atom is 0.314 e. The second kappa shape index (κ2) is 4.79. The van der Waals surface area contributed by atoms with Gasteiger partial charge in [-0.05, 0) is 40.1 Å². The van der Waals surface area contributed by atoms with Crippen LogP contribution in [-0.4, -0.2) is 9.97 Å². The highest BCUT2D eigenvalue weighted by Gasteiger charge is 2.11. The highest BCUT2D eigenvalue weighted by Crippen LogP contribution is 2.32. The van der Waals surface area contributed by atoms with E-state index in [1.54, 1.807) is 17.4 Å². The fraction of sp³-hybridized carbons (Fsp3) is 0.0769. The summed E-state index contributed by atoms with van der Waals surface area (Å²) in [6.45, 7) is 0. The van der Waals surface area contributed by atoms with Crippen molar-refractivity contribution in [2.45, 2.75) is 4.83 Å². The molecule has 96 valence electrons. The monoisotopic (exact) mass is 336 g/mol. The van der Waals surface area contributed by atoms with Gasteiger partial charge in [0.05, 0.1) is 15.9 Å². The third kappa shape index (κ3) is 2.29. The van der Waals surface area contributed by atoms with Crippen LogP contribution >= 0.6 is 27.3 Å². The Balaban J connectivity index is 2.14. The second-order valence-corrected chi connectivity index (χ2v) is 5.83. The molecule has 2 heterocycles. The Kier molecular flexibility index (Phi) is 3.12. The Bertz CT molecular complexity index is 836. The van der Waals surface area contributed by atoms with Crippen LogP contribution in [0.15, 0.2) is 44.6 Å². The van der Waals surface area contributed by atoms with Crippen LogP contribution in [0.5, 0.6) is 0 Å². The topological polar surface area (TPSA) is 65.7 Å². The van der Waals surface area contributed by atoms with Gasteiger partial charge in [0.25, 0.3) is 0 Å². The number of aromatic nitrogens is 2. The third-order valence-corrected chi connectivity index (χ3v) is 4.63. The molecule has 4 nitrogen and oxygen atoms in total. The maximum absolute atomic E-state index is 11.3. The lowest BCUT2D eigenvalue weighted by Gasteiger charge is -2.09. The van der Waals surface area contributed by atoms with Crippen LogP contribution in [0.25, 0.3) is 11.0 Å². The molecule has 0 saturated heterocycles. The minimum atomic E-state index is -0.633. The van der Waals surface area contributed by atoms with E-state index in [0.29, 0.717) is 11.0 Å². The number of aromatic amines is 2. The van der Waals surface area contributed by atoms with Crippen LogP contribution in [0.3, 0.4) is 0 Å². The molecule has 2 N–H and O–H groups in total. The molecule has 0 fully saturated rings. The number of hydrogen-bond donors (Lipinski definition) is 2. The summed E-state index contributed by atoms with van der Waals surface area (Å²) in [7, 11) is 0. The SMILES string of the molecule is O=c1[nH]c2ccc(C(Br)c3ccsc3)cc2[nH]c1=O. The first kappa shape index (κ1) is 12.4. The number of thiophene rings is 1. The summed E-state index contributed by atoms with van der Waals surface area (Å²) < 4.78 is 0. The Morgan fingerprint density at radius 1 is 1.00 bits per heavy atom. The molecule has 0 spiro atoms. The highest BCUT2D eigenvalue weighted by atomic mass is 79.9. The van der Waals surface area contributed by atoms with Gasteiger partial charge in [-0.25, -0.2) is 0 Å². The highest BCUT2D eigenvalue weighted by molar-refractivity contribution is 9.09. The average molecular weight is 337 g/mol. The van der Waals surface area contributed by atoms with Crippen LogP contribution in [0.1, 0.15) is 16.0 Å². The van der Waals surface area contributed by atoms with Gasteiger partial charge in [-0.15, -0.1) is 0 Å². The van der Waals surface area contributed by atoms with Crippen molar-refractivity contribution in [1.82, 2.24) is 9.97 Å². The quantitative estimate of drug-likeness (QED) is 0.558. The van der Waals surface area contributed by atoms with Crippen molar-refractivity contribution >= 4 is 38.3 Å². The summed E-state index contributed by atoms with van der Waals surface area (Å²) in [5.41, 5.74) is 2.17. The molecule has 19 heavy (non-hydrogen) atoms. The van der Waals surface area contributed by atoms with E-state index in [1.807, 2.05) is 23.6 Å². The van der Waals surface area contributed by atoms with Crippen molar-refractivity contribution in [3.05, 3.63) is 66.9 Å². The lowest BCUT2D eigenvalue weighted by atomic mass is 10.1. The minimum Gasteiger partial charge on any atom is -0.316 e. The zero-order valence-corrected chi connectivity index (χ0v) is 12.0. The molecule has 0 aliphatic heterocycles. The molecule has 0 aliphatic rings. The molecule has 0 aliphatic carbocycles. The molecule has 0 amide bonds. The van der Waals surface area contributed by atoms with E-state index in [-0.39, 0.29) is 4.83 Å². The summed E-state index contributed by atoms with van der Waals surface area (Å²) in [6, 6.07) is 7.63. The van der Waals surface area contributed by atoms with Crippen molar-refractivity contribution < 1.29 is 0 Å². The fourth-order valence-corrected chi connectivity index (χ4v) is 3.33. The largest absolute Gasteiger partial charge is 0.316 e. The first-order valence-corrected chi connectivity index (χ1v) is 7.43. The van der Waals surface area contributed by atoms with Crippen LogP contribution in [0.2, 0.25) is 0 Å². The Labute approximate surface area is 120 Å². The molecule has 3 aromatic rings. The smallest absolute Gasteiger partial charge is 0.314 e. The van der Waals surface area contributed by atoms with Gasteiger partial charge in [0.15, 0.2) is 0 Å². The van der Waals surface area contributed by atoms with Gasteiger partial charge in [0.1, 0.15) is 0 Å². The van der Waals surface area contributed by atoms with Crippen molar-refractivity contribution in [3.63, 3.8) is 0 Å². The summed E-state index contributed by atoms with van der Waals surface area (Å²) in [5.74, 6) is 0. The third-order valence-electron chi connectivity index (χ3n) is 2.87. The summed E-state index contributed by atoms with van der Waals surface area (Å²) in [5, 5.41) is 4.09. The lowest BCUT2D eigenvalue weighted by Crippen LogP contribution is -2.28. The molecule has 2 aromatic heterocycles. The first-order valence-electron chi connectivity index (χ1n) is 5.57. The fourth-order valence-electron chi connectivity index (χ4n) is 1.90. The predicted octanol–water partition coefficient (Wildman–Crippen LogP) is 2.76. The van der Waals surface area contributed by atoms with Gasteiger partial charge in [-0.1, -0.05) is 22.0 Å². The number of halogens is 1. The van der Waals surface area contributed by atoms with Crippen LogP contribution in [0, 0.1) is 0 Å². The summed E-state index contributed by atoms with van der Waals surface area (Å²) in [6.07, 6.45) is 0. The summed E-state index contributed by atoms with van der Waals surface area (Å²) in [4.78, 5) is 27.8. The first-order chi connectivity index (χ1) is 9.15. The maximum atomic E-state index is 11.3. The number of nitrogens with one attached hydrogen (secondary N) is 2. The van der Waals surface area contributed by atoms with Gasteiger partial charge in [0.2, 0.25) is 0 Å². The van der Waals surface area contributed by atoms with Crippen LogP contribution < -0.4 is 11.1 Å².